The van der Waals surface area contributed by atoms with Crippen LogP contribution in [0.2, 0.25) is 11.1 Å². The molecule has 12 heteroatoms. The minimum absolute atomic E-state index is 0.170. The maximum atomic E-state index is 13.5. The topological polar surface area (TPSA) is 154 Å². The standard InChI is InChI=1S/C29H44N4O7Se/c1-18(2)23(25(35)30-20(14-16-41-6)26(36)33-15-10-13-22(33)27(37)38)32-24(34)21(17-19-11-8-7-9-12-19)31-28(39)40-29(3,4)5/h7-9,11-12,18,20-23H,10,13-17H2,1-6H3,(H,30,35)(H,31,39)(H,32,34)(H,37,38)/t20?,21?,22-,23?/m0/s1. The van der Waals surface area contributed by atoms with E-state index in [-0.39, 0.29) is 27.3 Å². The molecule has 1 fully saturated rings. The number of aliphatic carboxylic acids is 1. The molecule has 2 rings (SSSR count). The van der Waals surface area contributed by atoms with Crippen LogP contribution in [0.5, 0.6) is 0 Å². The summed E-state index contributed by atoms with van der Waals surface area (Å²) in [5.41, 5.74) is 0.0362. The number of hydrogen-bond acceptors (Lipinski definition) is 6. The molecule has 0 saturated carbocycles. The number of amides is 4. The summed E-state index contributed by atoms with van der Waals surface area (Å²) in [4.78, 5) is 65.9. The van der Waals surface area contributed by atoms with Crippen molar-refractivity contribution < 1.29 is 33.8 Å². The van der Waals surface area contributed by atoms with E-state index >= 15 is 0 Å². The van der Waals surface area contributed by atoms with Gasteiger partial charge in [-0.05, 0) is 20.8 Å². The fraction of sp³-hybridized carbons (Fsp3) is 0.621. The number of nitrogens with zero attached hydrogens (tertiary/aromatic N) is 1. The fourth-order valence-electron chi connectivity index (χ4n) is 4.54. The summed E-state index contributed by atoms with van der Waals surface area (Å²) in [5.74, 6) is -0.920. The third kappa shape index (κ3) is 11.0. The predicted molar refractivity (Wildman–Crippen MR) is 155 cm³/mol. The summed E-state index contributed by atoms with van der Waals surface area (Å²) in [7, 11) is 0. The van der Waals surface area contributed by atoms with Crippen molar-refractivity contribution in [1.29, 1.82) is 0 Å². The van der Waals surface area contributed by atoms with E-state index < -0.39 is 59.6 Å². The van der Waals surface area contributed by atoms with E-state index in [1.807, 2.05) is 36.2 Å². The predicted octanol–water partition coefficient (Wildman–Crippen LogP) is 2.38. The Hall–Kier alpha value is -3.11. The second kappa shape index (κ2) is 15.8. The summed E-state index contributed by atoms with van der Waals surface area (Å²) in [6.07, 6.45) is 0.740. The van der Waals surface area contributed by atoms with E-state index in [9.17, 15) is 29.1 Å². The van der Waals surface area contributed by atoms with Gasteiger partial charge in [-0.15, -0.1) is 0 Å². The van der Waals surface area contributed by atoms with Crippen molar-refractivity contribution in [2.45, 2.75) is 101 Å². The van der Waals surface area contributed by atoms with Crippen LogP contribution in [-0.4, -0.2) is 91.1 Å². The maximum absolute atomic E-state index is 13.5. The summed E-state index contributed by atoms with van der Waals surface area (Å²) in [6, 6.07) is 5.32. The van der Waals surface area contributed by atoms with E-state index in [1.54, 1.807) is 34.6 Å². The molecule has 0 aliphatic carbocycles. The first-order chi connectivity index (χ1) is 19.2. The average Bonchev–Trinajstić information content (AvgIpc) is 3.38. The molecule has 1 aromatic rings. The van der Waals surface area contributed by atoms with Gasteiger partial charge in [0.25, 0.3) is 0 Å². The van der Waals surface area contributed by atoms with Gasteiger partial charge >= 0.3 is 204 Å². The van der Waals surface area contributed by atoms with Gasteiger partial charge in [-0.25, -0.2) is 0 Å². The zero-order valence-corrected chi connectivity index (χ0v) is 26.5. The average molecular weight is 640 g/mol. The van der Waals surface area contributed by atoms with E-state index in [1.165, 1.54) is 4.90 Å². The molecule has 4 N–H and O–H groups in total. The monoisotopic (exact) mass is 640 g/mol. The number of carboxylic acid groups (broad SMARTS) is 1. The van der Waals surface area contributed by atoms with Crippen LogP contribution in [0.3, 0.4) is 0 Å². The fourth-order valence-corrected chi connectivity index (χ4v) is 5.53. The van der Waals surface area contributed by atoms with Crippen molar-refractivity contribution in [1.82, 2.24) is 20.9 Å². The summed E-state index contributed by atoms with van der Waals surface area (Å²) in [5, 5.41) is 18.5. The Kier molecular flexibility index (Phi) is 13.1. The van der Waals surface area contributed by atoms with Gasteiger partial charge in [-0.2, -0.15) is 0 Å². The van der Waals surface area contributed by atoms with Gasteiger partial charge in [-0.3, -0.25) is 0 Å². The van der Waals surface area contributed by atoms with E-state index in [4.69, 9.17) is 4.74 Å². The van der Waals surface area contributed by atoms with Gasteiger partial charge in [0.2, 0.25) is 0 Å². The zero-order chi connectivity index (χ0) is 30.7. The third-order valence-corrected chi connectivity index (χ3v) is 7.93. The molecule has 1 aliphatic rings. The molecule has 0 spiro atoms. The van der Waals surface area contributed by atoms with Crippen molar-refractivity contribution in [3.63, 3.8) is 0 Å². The molecule has 0 radical (unpaired) electrons. The van der Waals surface area contributed by atoms with Crippen molar-refractivity contribution in [3.05, 3.63) is 35.9 Å². The first-order valence-corrected chi connectivity index (χ1v) is 16.8. The SMILES string of the molecule is C[Se]CCC(NC(=O)C(NC(=O)C(Cc1ccccc1)NC(=O)OC(C)(C)C)C(C)C)C(=O)N1CCC[C@H]1C(=O)O. The normalized spacial score (nSPS) is 17.3. The molecule has 1 aliphatic heterocycles. The molecule has 0 bridgehead atoms. The number of hydrogen-bond donors (Lipinski definition) is 4. The second-order valence-corrected chi connectivity index (χ2v) is 13.6. The third-order valence-electron chi connectivity index (χ3n) is 6.58. The number of carboxylic acids is 1. The van der Waals surface area contributed by atoms with Crippen molar-refractivity contribution in [2.75, 3.05) is 6.54 Å². The second-order valence-electron chi connectivity index (χ2n) is 11.5. The van der Waals surface area contributed by atoms with E-state index in [2.05, 4.69) is 16.0 Å². The number of alkyl carbamates (subject to hydrolysis) is 1. The molecule has 1 heterocycles. The number of ether oxygens (including phenoxy) is 1. The van der Waals surface area contributed by atoms with Crippen LogP contribution in [0.1, 0.15) is 59.4 Å². The molecular weight excluding hydrogens is 595 g/mol. The van der Waals surface area contributed by atoms with Gasteiger partial charge in [0, 0.05) is 0 Å². The molecule has 228 valence electrons. The molecular formula is C29H44N4O7Se. The number of benzene rings is 1. The van der Waals surface area contributed by atoms with E-state index in [0.717, 1.165) is 5.56 Å². The van der Waals surface area contributed by atoms with Gasteiger partial charge in [0.1, 0.15) is 5.60 Å². The van der Waals surface area contributed by atoms with Crippen LogP contribution in [-0.2, 0) is 30.3 Å². The van der Waals surface area contributed by atoms with Crippen LogP contribution in [0.25, 0.3) is 0 Å². The van der Waals surface area contributed by atoms with Crippen LogP contribution in [0.4, 0.5) is 4.79 Å². The van der Waals surface area contributed by atoms with Crippen molar-refractivity contribution >= 4 is 44.7 Å². The van der Waals surface area contributed by atoms with E-state index in [0.29, 0.717) is 31.1 Å². The van der Waals surface area contributed by atoms with Crippen LogP contribution in [0.15, 0.2) is 30.3 Å². The Morgan fingerprint density at radius 1 is 1.02 bits per heavy atom. The van der Waals surface area contributed by atoms with Crippen LogP contribution >= 0.6 is 0 Å². The first kappa shape index (κ1) is 34.1. The Labute approximate surface area is 248 Å². The van der Waals surface area contributed by atoms with Gasteiger partial charge in [-0.1, -0.05) is 18.2 Å². The number of carbonyl (C=O) groups excluding carboxylic acids is 4. The van der Waals surface area contributed by atoms with Crippen LogP contribution in [0, 0.1) is 5.92 Å². The van der Waals surface area contributed by atoms with Crippen LogP contribution < -0.4 is 16.0 Å². The molecule has 1 aromatic carbocycles. The Morgan fingerprint density at radius 2 is 1.68 bits per heavy atom. The van der Waals surface area contributed by atoms with Crippen molar-refractivity contribution in [2.24, 2.45) is 5.92 Å². The zero-order valence-electron chi connectivity index (χ0n) is 24.8. The molecule has 41 heavy (non-hydrogen) atoms. The molecule has 4 atom stereocenters. The quantitative estimate of drug-likeness (QED) is 0.242. The Balaban J connectivity index is 2.22. The van der Waals surface area contributed by atoms with Gasteiger partial charge in [0.15, 0.2) is 0 Å². The molecule has 1 saturated heterocycles. The molecule has 3 unspecified atom stereocenters. The Bertz CT molecular complexity index is 1060. The van der Waals surface area contributed by atoms with Gasteiger partial charge in [0.05, 0.1) is 0 Å². The first-order valence-electron chi connectivity index (χ1n) is 13.9. The summed E-state index contributed by atoms with van der Waals surface area (Å²) >= 11 is 0.240. The summed E-state index contributed by atoms with van der Waals surface area (Å²) < 4.78 is 5.35. The van der Waals surface area contributed by atoms with Gasteiger partial charge < -0.3 is 0 Å². The van der Waals surface area contributed by atoms with Crippen molar-refractivity contribution in [3.8, 4) is 0 Å². The number of rotatable bonds is 13. The molecule has 11 nitrogen and oxygen atoms in total. The molecule has 4 amide bonds. The Morgan fingerprint density at radius 3 is 2.24 bits per heavy atom. The number of nitrogens with one attached hydrogen (secondary N) is 3. The minimum atomic E-state index is -1.06. The summed E-state index contributed by atoms with van der Waals surface area (Å²) in [6.45, 7) is 9.01. The number of carbonyl (C=O) groups is 5. The molecule has 0 aromatic heterocycles. The number of likely N-dealkylation sites (tertiary alicyclic amines) is 1.